The molecular formula is C14H19N3O2. The Morgan fingerprint density at radius 2 is 1.95 bits per heavy atom. The van der Waals surface area contributed by atoms with Crippen LogP contribution in [0.3, 0.4) is 0 Å². The van der Waals surface area contributed by atoms with Crippen molar-refractivity contribution in [1.29, 1.82) is 0 Å². The normalized spacial score (nSPS) is 14.1. The number of hydrogen-bond acceptors (Lipinski definition) is 3. The number of rotatable bonds is 7. The summed E-state index contributed by atoms with van der Waals surface area (Å²) in [6.45, 7) is 1.85. The molecule has 0 heterocycles. The zero-order chi connectivity index (χ0) is 13.7. The highest BCUT2D eigenvalue weighted by molar-refractivity contribution is 5.94. The van der Waals surface area contributed by atoms with E-state index in [1.54, 1.807) is 12.1 Å². The topological polar surface area (TPSA) is 84.2 Å². The van der Waals surface area contributed by atoms with Crippen LogP contribution in [0.15, 0.2) is 24.3 Å². The average Bonchev–Trinajstić information content (AvgIpc) is 3.22. The maximum absolute atomic E-state index is 11.4. The van der Waals surface area contributed by atoms with E-state index in [-0.39, 0.29) is 11.8 Å². The van der Waals surface area contributed by atoms with Gasteiger partial charge in [-0.1, -0.05) is 18.2 Å². The Balaban J connectivity index is 1.70. The lowest BCUT2D eigenvalue weighted by molar-refractivity contribution is -0.122. The molecule has 1 aliphatic rings. The fraction of sp³-hybridized carbons (Fsp3) is 0.429. The molecule has 1 aromatic carbocycles. The van der Waals surface area contributed by atoms with Gasteiger partial charge in [0.15, 0.2) is 0 Å². The number of nitrogens with two attached hydrogens (primary N) is 1. The Labute approximate surface area is 112 Å². The highest BCUT2D eigenvalue weighted by Gasteiger charge is 2.28. The summed E-state index contributed by atoms with van der Waals surface area (Å²) in [7, 11) is 0. The molecule has 0 aromatic heterocycles. The van der Waals surface area contributed by atoms with Crippen molar-refractivity contribution in [2.45, 2.75) is 19.4 Å². The van der Waals surface area contributed by atoms with E-state index in [1.807, 2.05) is 12.1 Å². The molecule has 0 unspecified atom stereocenters. The molecule has 4 N–H and O–H groups in total. The quantitative estimate of drug-likeness (QED) is 0.621. The zero-order valence-corrected chi connectivity index (χ0v) is 10.8. The lowest BCUT2D eigenvalue weighted by Crippen LogP contribution is -2.32. The molecule has 2 amide bonds. The minimum absolute atomic E-state index is 0.152. The Kier molecular flexibility index (Phi) is 4.52. The zero-order valence-electron chi connectivity index (χ0n) is 10.8. The van der Waals surface area contributed by atoms with Gasteiger partial charge in [0, 0.05) is 31.1 Å². The second kappa shape index (κ2) is 6.33. The van der Waals surface area contributed by atoms with Gasteiger partial charge in [-0.25, -0.2) is 0 Å². The van der Waals surface area contributed by atoms with Crippen LogP contribution < -0.4 is 16.4 Å². The van der Waals surface area contributed by atoms with Crippen LogP contribution in [0.4, 0.5) is 0 Å². The van der Waals surface area contributed by atoms with Crippen molar-refractivity contribution in [3.05, 3.63) is 35.4 Å². The number of benzene rings is 1. The summed E-state index contributed by atoms with van der Waals surface area (Å²) in [5, 5.41) is 6.06. The van der Waals surface area contributed by atoms with E-state index in [2.05, 4.69) is 10.6 Å². The molecule has 1 saturated carbocycles. The van der Waals surface area contributed by atoms with E-state index in [4.69, 9.17) is 5.73 Å². The van der Waals surface area contributed by atoms with Gasteiger partial charge < -0.3 is 16.4 Å². The standard InChI is InChI=1S/C14H19N3O2/c15-13(18)12-4-2-1-3-11(12)9-16-7-8-17-14(19)10-5-6-10/h1-4,10,16H,5-9H2,(H2,15,18)(H,17,19). The predicted molar refractivity (Wildman–Crippen MR) is 72.4 cm³/mol. The number of hydrogen-bond donors (Lipinski definition) is 3. The monoisotopic (exact) mass is 261 g/mol. The Bertz CT molecular complexity index is 470. The molecule has 102 valence electrons. The van der Waals surface area contributed by atoms with E-state index in [1.165, 1.54) is 0 Å². The molecule has 5 nitrogen and oxygen atoms in total. The highest BCUT2D eigenvalue weighted by atomic mass is 16.2. The number of carbonyl (C=O) groups excluding carboxylic acids is 2. The summed E-state index contributed by atoms with van der Waals surface area (Å²) in [6, 6.07) is 7.25. The van der Waals surface area contributed by atoms with Crippen molar-refractivity contribution in [2.75, 3.05) is 13.1 Å². The van der Waals surface area contributed by atoms with Crippen molar-refractivity contribution in [1.82, 2.24) is 10.6 Å². The van der Waals surface area contributed by atoms with Gasteiger partial charge in [-0.2, -0.15) is 0 Å². The lowest BCUT2D eigenvalue weighted by Gasteiger charge is -2.09. The minimum atomic E-state index is -0.417. The van der Waals surface area contributed by atoms with Crippen molar-refractivity contribution in [3.8, 4) is 0 Å². The van der Waals surface area contributed by atoms with Gasteiger partial charge in [0.05, 0.1) is 0 Å². The maximum atomic E-state index is 11.4. The molecule has 0 spiro atoms. The molecule has 0 saturated heterocycles. The fourth-order valence-electron chi connectivity index (χ4n) is 1.90. The molecule has 2 rings (SSSR count). The van der Waals surface area contributed by atoms with Crippen LogP contribution in [0.1, 0.15) is 28.8 Å². The van der Waals surface area contributed by atoms with Crippen LogP contribution in [0.25, 0.3) is 0 Å². The summed E-state index contributed by atoms with van der Waals surface area (Å²) in [5.41, 5.74) is 6.72. The first-order valence-corrected chi connectivity index (χ1v) is 6.54. The van der Waals surface area contributed by atoms with Gasteiger partial charge >= 0.3 is 0 Å². The second-order valence-electron chi connectivity index (χ2n) is 4.76. The first-order valence-electron chi connectivity index (χ1n) is 6.54. The summed E-state index contributed by atoms with van der Waals surface area (Å²) in [4.78, 5) is 22.6. The maximum Gasteiger partial charge on any atom is 0.249 e. The Morgan fingerprint density at radius 3 is 2.63 bits per heavy atom. The molecule has 0 bridgehead atoms. The van der Waals surface area contributed by atoms with Gasteiger partial charge in [0.25, 0.3) is 0 Å². The van der Waals surface area contributed by atoms with Crippen molar-refractivity contribution in [2.24, 2.45) is 11.7 Å². The third-order valence-corrected chi connectivity index (χ3v) is 3.15. The third-order valence-electron chi connectivity index (χ3n) is 3.15. The van der Waals surface area contributed by atoms with Gasteiger partial charge in [-0.05, 0) is 24.5 Å². The van der Waals surface area contributed by atoms with Crippen LogP contribution in [-0.4, -0.2) is 24.9 Å². The Morgan fingerprint density at radius 1 is 1.21 bits per heavy atom. The van der Waals surface area contributed by atoms with Gasteiger partial charge in [0.2, 0.25) is 11.8 Å². The van der Waals surface area contributed by atoms with Gasteiger partial charge in [-0.3, -0.25) is 9.59 Å². The number of carbonyl (C=O) groups is 2. The molecule has 1 fully saturated rings. The van der Waals surface area contributed by atoms with E-state index in [0.717, 1.165) is 18.4 Å². The summed E-state index contributed by atoms with van der Waals surface area (Å²) in [6.07, 6.45) is 2.04. The highest BCUT2D eigenvalue weighted by Crippen LogP contribution is 2.28. The van der Waals surface area contributed by atoms with E-state index in [0.29, 0.717) is 25.2 Å². The molecule has 0 aliphatic heterocycles. The summed E-state index contributed by atoms with van der Waals surface area (Å²) in [5.74, 6) is -0.0191. The summed E-state index contributed by atoms with van der Waals surface area (Å²) < 4.78 is 0. The smallest absolute Gasteiger partial charge is 0.249 e. The molecule has 5 heteroatoms. The second-order valence-corrected chi connectivity index (χ2v) is 4.76. The fourth-order valence-corrected chi connectivity index (χ4v) is 1.90. The summed E-state index contributed by atoms with van der Waals surface area (Å²) >= 11 is 0. The minimum Gasteiger partial charge on any atom is -0.366 e. The van der Waals surface area contributed by atoms with Crippen LogP contribution in [0.5, 0.6) is 0 Å². The van der Waals surface area contributed by atoms with Crippen molar-refractivity contribution in [3.63, 3.8) is 0 Å². The first-order chi connectivity index (χ1) is 9.18. The van der Waals surface area contributed by atoms with Crippen LogP contribution in [0, 0.1) is 5.92 Å². The van der Waals surface area contributed by atoms with Crippen molar-refractivity contribution < 1.29 is 9.59 Å². The predicted octanol–water partition coefficient (Wildman–Crippen LogP) is 0.401. The van der Waals surface area contributed by atoms with E-state index in [9.17, 15) is 9.59 Å². The number of primary amides is 1. The number of nitrogens with one attached hydrogen (secondary N) is 2. The van der Waals surface area contributed by atoms with E-state index < -0.39 is 5.91 Å². The molecule has 1 aromatic rings. The van der Waals surface area contributed by atoms with E-state index >= 15 is 0 Å². The third kappa shape index (κ3) is 4.06. The van der Waals surface area contributed by atoms with Crippen LogP contribution in [0.2, 0.25) is 0 Å². The van der Waals surface area contributed by atoms with Crippen LogP contribution >= 0.6 is 0 Å². The lowest BCUT2D eigenvalue weighted by atomic mass is 10.1. The molecule has 19 heavy (non-hydrogen) atoms. The van der Waals surface area contributed by atoms with Crippen LogP contribution in [-0.2, 0) is 11.3 Å². The Hall–Kier alpha value is -1.88. The van der Waals surface area contributed by atoms with Crippen molar-refractivity contribution >= 4 is 11.8 Å². The largest absolute Gasteiger partial charge is 0.366 e. The number of amides is 2. The first kappa shape index (κ1) is 13.5. The average molecular weight is 261 g/mol. The van der Waals surface area contributed by atoms with Gasteiger partial charge in [-0.15, -0.1) is 0 Å². The molecule has 0 atom stereocenters. The van der Waals surface area contributed by atoms with Gasteiger partial charge in [0.1, 0.15) is 0 Å². The SMILES string of the molecule is NC(=O)c1ccccc1CNCCNC(=O)C1CC1. The molecule has 0 radical (unpaired) electrons. The molecule has 1 aliphatic carbocycles. The molecular weight excluding hydrogens is 242 g/mol.